The molecule has 0 saturated heterocycles. The Hall–Kier alpha value is -3.02. The van der Waals surface area contributed by atoms with Crippen molar-refractivity contribution in [3.63, 3.8) is 0 Å². The van der Waals surface area contributed by atoms with Gasteiger partial charge in [-0.05, 0) is 12.1 Å². The van der Waals surface area contributed by atoms with Gasteiger partial charge in [0.15, 0.2) is 11.8 Å². The van der Waals surface area contributed by atoms with Gasteiger partial charge < -0.3 is 4.74 Å². The van der Waals surface area contributed by atoms with E-state index in [2.05, 4.69) is 10.3 Å². The molecule has 1 heterocycles. The van der Waals surface area contributed by atoms with Crippen molar-refractivity contribution < 1.29 is 18.4 Å². The normalized spacial score (nSPS) is 15.7. The number of halogens is 2. The van der Waals surface area contributed by atoms with Crippen molar-refractivity contribution in [1.29, 1.82) is 5.26 Å². The highest BCUT2D eigenvalue weighted by Crippen LogP contribution is 2.39. The molecule has 23 heavy (non-hydrogen) atoms. The summed E-state index contributed by atoms with van der Waals surface area (Å²) in [7, 11) is 1.37. The van der Waals surface area contributed by atoms with E-state index >= 15 is 0 Å². The second-order valence-electron chi connectivity index (χ2n) is 4.74. The van der Waals surface area contributed by atoms with Gasteiger partial charge in [-0.25, -0.2) is 8.78 Å². The van der Waals surface area contributed by atoms with Crippen LogP contribution < -0.4 is 10.1 Å². The monoisotopic (exact) mass is 322 g/mol. The van der Waals surface area contributed by atoms with Crippen LogP contribution in [0.5, 0.6) is 5.75 Å². The summed E-state index contributed by atoms with van der Waals surface area (Å²) in [5.41, 5.74) is -1.70. The molecule has 1 aromatic rings. The van der Waals surface area contributed by atoms with Crippen molar-refractivity contribution >= 4 is 17.1 Å². The number of nitrogens with one attached hydrogen (secondary N) is 1. The Bertz CT molecular complexity index is 736. The highest BCUT2D eigenvalue weighted by atomic mass is 19.1. The lowest BCUT2D eigenvalue weighted by molar-refractivity contribution is -0.384. The molecule has 0 bridgehead atoms. The lowest BCUT2D eigenvalue weighted by atomic mass is 9.92. The number of fused-ring (bicyclic) bond motifs is 1. The fraction of sp³-hybridized carbons (Fsp3) is 0.286. The van der Waals surface area contributed by atoms with Crippen LogP contribution in [0.25, 0.3) is 5.57 Å². The molecule has 1 N–H and O–H groups in total. The van der Waals surface area contributed by atoms with E-state index in [-0.39, 0.29) is 28.4 Å². The Labute approximate surface area is 130 Å². The molecule has 7 nitrogen and oxygen atoms in total. The van der Waals surface area contributed by atoms with Crippen LogP contribution in [0.15, 0.2) is 29.3 Å². The Balaban J connectivity index is 2.67. The van der Waals surface area contributed by atoms with E-state index in [4.69, 9.17) is 10.00 Å². The van der Waals surface area contributed by atoms with E-state index in [9.17, 15) is 18.9 Å². The van der Waals surface area contributed by atoms with Crippen molar-refractivity contribution in [3.05, 3.63) is 40.0 Å². The number of ether oxygens (including phenoxy) is 1. The third-order valence-corrected chi connectivity index (χ3v) is 3.29. The molecule has 2 rings (SSSR count). The number of nitro groups is 1. The van der Waals surface area contributed by atoms with Crippen molar-refractivity contribution in [2.45, 2.75) is 5.60 Å². The molecule has 1 aromatic carbocycles. The Morgan fingerprint density at radius 2 is 2.22 bits per heavy atom. The number of nitrogens with zero attached hydrogens (tertiary/aromatic N) is 3. The highest BCUT2D eigenvalue weighted by Gasteiger charge is 2.38. The van der Waals surface area contributed by atoms with Crippen LogP contribution in [-0.2, 0) is 0 Å². The summed E-state index contributed by atoms with van der Waals surface area (Å²) in [4.78, 5) is 14.2. The van der Waals surface area contributed by atoms with E-state index in [0.29, 0.717) is 0 Å². The van der Waals surface area contributed by atoms with Gasteiger partial charge in [0.1, 0.15) is 24.9 Å². The van der Waals surface area contributed by atoms with Crippen molar-refractivity contribution in [2.24, 2.45) is 4.99 Å². The zero-order valence-corrected chi connectivity index (χ0v) is 12.0. The van der Waals surface area contributed by atoms with Crippen LogP contribution in [-0.4, -0.2) is 36.8 Å². The minimum absolute atomic E-state index is 0.0313. The van der Waals surface area contributed by atoms with Crippen LogP contribution in [0.4, 0.5) is 14.5 Å². The van der Waals surface area contributed by atoms with E-state index in [1.54, 1.807) is 6.19 Å². The number of amidine groups is 1. The molecule has 120 valence electrons. The summed E-state index contributed by atoms with van der Waals surface area (Å²) in [6.45, 7) is -2.29. The topological polar surface area (TPSA) is 101 Å². The van der Waals surface area contributed by atoms with E-state index in [1.165, 1.54) is 25.2 Å². The molecule has 0 unspecified atom stereocenters. The van der Waals surface area contributed by atoms with Gasteiger partial charge in [-0.15, -0.1) is 0 Å². The predicted octanol–water partition coefficient (Wildman–Crippen LogP) is 2.15. The number of nitriles is 1. The Morgan fingerprint density at radius 3 is 2.74 bits per heavy atom. The third kappa shape index (κ3) is 2.96. The maximum Gasteiger partial charge on any atom is 0.270 e. The van der Waals surface area contributed by atoms with Gasteiger partial charge in [-0.3, -0.25) is 20.4 Å². The first kappa shape index (κ1) is 16.4. The quantitative estimate of drug-likeness (QED) is 0.229. The summed E-state index contributed by atoms with van der Waals surface area (Å²) in [5.74, 6) is 0.105. The van der Waals surface area contributed by atoms with Crippen LogP contribution in [0.2, 0.25) is 0 Å². The molecule has 9 heteroatoms. The molecule has 1 aliphatic heterocycles. The van der Waals surface area contributed by atoms with E-state index in [0.717, 1.165) is 6.08 Å². The van der Waals surface area contributed by atoms with Crippen molar-refractivity contribution in [1.82, 2.24) is 5.32 Å². The summed E-state index contributed by atoms with van der Waals surface area (Å²) in [6.07, 6.45) is 2.81. The first-order chi connectivity index (χ1) is 11.0. The molecule has 0 aliphatic carbocycles. The highest BCUT2D eigenvalue weighted by molar-refractivity contribution is 6.24. The maximum atomic E-state index is 13.3. The molecular weight excluding hydrogens is 310 g/mol. The Kier molecular flexibility index (Phi) is 4.55. The maximum absolute atomic E-state index is 13.3. The molecule has 0 radical (unpaired) electrons. The van der Waals surface area contributed by atoms with Crippen LogP contribution in [0.3, 0.4) is 0 Å². The summed E-state index contributed by atoms with van der Waals surface area (Å²) >= 11 is 0. The van der Waals surface area contributed by atoms with E-state index < -0.39 is 23.9 Å². The molecule has 0 amide bonds. The number of hydrogen-bond acceptors (Lipinski definition) is 5. The first-order valence-corrected chi connectivity index (χ1v) is 6.45. The molecule has 0 atom stereocenters. The van der Waals surface area contributed by atoms with E-state index in [1.807, 2.05) is 0 Å². The number of aliphatic imine (C=N–C) groups is 1. The fourth-order valence-corrected chi connectivity index (χ4v) is 2.18. The lowest BCUT2D eigenvalue weighted by Crippen LogP contribution is -2.42. The van der Waals surface area contributed by atoms with Crippen LogP contribution in [0.1, 0.15) is 5.56 Å². The van der Waals surface area contributed by atoms with Gasteiger partial charge in [-0.1, -0.05) is 0 Å². The second-order valence-corrected chi connectivity index (χ2v) is 4.74. The minimum Gasteiger partial charge on any atom is -0.477 e. The third-order valence-electron chi connectivity index (χ3n) is 3.29. The summed E-state index contributed by atoms with van der Waals surface area (Å²) < 4.78 is 32.0. The molecule has 0 aromatic heterocycles. The number of benzene rings is 1. The van der Waals surface area contributed by atoms with Crippen LogP contribution in [0, 0.1) is 21.6 Å². The average molecular weight is 322 g/mol. The minimum atomic E-state index is -1.86. The first-order valence-electron chi connectivity index (χ1n) is 6.45. The van der Waals surface area contributed by atoms with Gasteiger partial charge >= 0.3 is 0 Å². The van der Waals surface area contributed by atoms with Gasteiger partial charge in [0, 0.05) is 30.3 Å². The summed E-state index contributed by atoms with van der Waals surface area (Å²) in [5, 5.41) is 22.0. The average Bonchev–Trinajstić information content (AvgIpc) is 2.58. The van der Waals surface area contributed by atoms with Gasteiger partial charge in [0.05, 0.1) is 4.92 Å². The second kappa shape index (κ2) is 6.39. The SMILES string of the molecule is CN=C(NC#N)C1=CC(CF)(CF)Oc2ccc([N+](=O)[O-])cc21. The fourth-order valence-electron chi connectivity index (χ4n) is 2.18. The van der Waals surface area contributed by atoms with Gasteiger partial charge in [-0.2, -0.15) is 5.26 Å². The van der Waals surface area contributed by atoms with Crippen molar-refractivity contribution in [2.75, 3.05) is 20.4 Å². The lowest BCUT2D eigenvalue weighted by Gasteiger charge is -2.32. The molecule has 0 saturated carbocycles. The standard InChI is InChI=1S/C14H12F2N4O3/c1-18-13(19-8-17)11-5-14(6-15,7-16)23-12-3-2-9(20(21)22)4-10(11)12/h2-5H,6-7H2,1H3,(H,18,19). The number of nitro benzene ring substituents is 1. The molecular formula is C14H12F2N4O3. The molecule has 0 fully saturated rings. The van der Waals surface area contributed by atoms with Crippen molar-refractivity contribution in [3.8, 4) is 11.9 Å². The largest absolute Gasteiger partial charge is 0.477 e. The Morgan fingerprint density at radius 1 is 1.52 bits per heavy atom. The number of non-ortho nitro benzene ring substituents is 1. The molecule has 1 aliphatic rings. The molecule has 0 spiro atoms. The predicted molar refractivity (Wildman–Crippen MR) is 78.5 cm³/mol. The summed E-state index contributed by atoms with van der Waals surface area (Å²) in [6, 6.07) is 3.63. The zero-order valence-electron chi connectivity index (χ0n) is 12.0. The van der Waals surface area contributed by atoms with Gasteiger partial charge in [0.25, 0.3) is 5.69 Å². The smallest absolute Gasteiger partial charge is 0.270 e. The zero-order chi connectivity index (χ0) is 17.0. The number of alkyl halides is 2. The van der Waals surface area contributed by atoms with Gasteiger partial charge in [0.2, 0.25) is 0 Å². The number of hydrogen-bond donors (Lipinski definition) is 1. The van der Waals surface area contributed by atoms with Crippen LogP contribution >= 0.6 is 0 Å². The number of rotatable bonds is 4.